The van der Waals surface area contributed by atoms with Crippen molar-refractivity contribution in [2.24, 2.45) is 0 Å². The van der Waals surface area contributed by atoms with E-state index in [1.54, 1.807) is 17.0 Å². The summed E-state index contributed by atoms with van der Waals surface area (Å²) >= 11 is 0. The quantitative estimate of drug-likeness (QED) is 0.373. The van der Waals surface area contributed by atoms with Gasteiger partial charge in [0.15, 0.2) is 16.9 Å². The fourth-order valence-electron chi connectivity index (χ4n) is 4.72. The maximum absolute atomic E-state index is 14.0. The summed E-state index contributed by atoms with van der Waals surface area (Å²) in [6.45, 7) is 0.318. The van der Waals surface area contributed by atoms with E-state index >= 15 is 0 Å². The first-order chi connectivity index (χ1) is 17.5. The SMILES string of the molecule is COc1cc(C2c3c(oc4ccc(F)cc4c3=O)C(=O)N2CCc2ccccc2)cc(OC)c1OC. The predicted molar refractivity (Wildman–Crippen MR) is 132 cm³/mol. The van der Waals surface area contributed by atoms with E-state index < -0.39 is 23.2 Å². The maximum Gasteiger partial charge on any atom is 0.290 e. The Morgan fingerprint density at radius 1 is 0.917 bits per heavy atom. The van der Waals surface area contributed by atoms with Crippen LogP contribution >= 0.6 is 0 Å². The van der Waals surface area contributed by atoms with Crippen LogP contribution in [0.2, 0.25) is 0 Å². The van der Waals surface area contributed by atoms with Gasteiger partial charge in [0.1, 0.15) is 11.4 Å². The summed E-state index contributed by atoms with van der Waals surface area (Å²) in [4.78, 5) is 28.9. The second-order valence-corrected chi connectivity index (χ2v) is 8.41. The molecule has 0 radical (unpaired) electrons. The van der Waals surface area contributed by atoms with Crippen molar-refractivity contribution in [3.05, 3.63) is 99.2 Å². The molecule has 8 heteroatoms. The number of methoxy groups -OCH3 is 3. The van der Waals surface area contributed by atoms with E-state index in [9.17, 15) is 14.0 Å². The summed E-state index contributed by atoms with van der Waals surface area (Å²) in [6.07, 6.45) is 0.559. The van der Waals surface area contributed by atoms with Crippen molar-refractivity contribution in [2.75, 3.05) is 27.9 Å². The van der Waals surface area contributed by atoms with Crippen LogP contribution in [0.25, 0.3) is 11.0 Å². The molecule has 184 valence electrons. The number of amides is 1. The van der Waals surface area contributed by atoms with E-state index in [2.05, 4.69) is 0 Å². The summed E-state index contributed by atoms with van der Waals surface area (Å²) in [5, 5.41) is 0.0731. The molecule has 5 rings (SSSR count). The van der Waals surface area contributed by atoms with Crippen LogP contribution in [0.4, 0.5) is 4.39 Å². The van der Waals surface area contributed by atoms with Gasteiger partial charge in [0.25, 0.3) is 5.91 Å². The Kier molecular flexibility index (Phi) is 6.10. The molecule has 0 N–H and O–H groups in total. The maximum atomic E-state index is 14.0. The lowest BCUT2D eigenvalue weighted by Gasteiger charge is -2.26. The van der Waals surface area contributed by atoms with Crippen LogP contribution in [-0.2, 0) is 6.42 Å². The third-order valence-electron chi connectivity index (χ3n) is 6.41. The van der Waals surface area contributed by atoms with Gasteiger partial charge < -0.3 is 23.5 Å². The average molecular weight is 489 g/mol. The van der Waals surface area contributed by atoms with E-state index in [-0.39, 0.29) is 22.3 Å². The Bertz CT molecular complexity index is 1490. The molecular weight excluding hydrogens is 465 g/mol. The van der Waals surface area contributed by atoms with Crippen molar-refractivity contribution in [1.29, 1.82) is 0 Å². The number of fused-ring (bicyclic) bond motifs is 2. The van der Waals surface area contributed by atoms with Gasteiger partial charge in [-0.25, -0.2) is 4.39 Å². The van der Waals surface area contributed by atoms with Gasteiger partial charge in [0, 0.05) is 6.54 Å². The highest BCUT2D eigenvalue weighted by Gasteiger charge is 2.43. The van der Waals surface area contributed by atoms with Gasteiger partial charge in [-0.3, -0.25) is 9.59 Å². The number of nitrogens with zero attached hydrogens (tertiary/aromatic N) is 1. The molecule has 0 spiro atoms. The topological polar surface area (TPSA) is 78.2 Å². The van der Waals surface area contributed by atoms with E-state index in [0.29, 0.717) is 35.8 Å². The molecule has 2 heterocycles. The zero-order valence-corrected chi connectivity index (χ0v) is 20.0. The summed E-state index contributed by atoms with van der Waals surface area (Å²) < 4.78 is 36.4. The van der Waals surface area contributed by atoms with Gasteiger partial charge in [-0.15, -0.1) is 0 Å². The number of hydrogen-bond donors (Lipinski definition) is 0. The van der Waals surface area contributed by atoms with E-state index in [0.717, 1.165) is 11.6 Å². The number of benzene rings is 3. The molecule has 0 aliphatic carbocycles. The largest absolute Gasteiger partial charge is 0.493 e. The van der Waals surface area contributed by atoms with Crippen LogP contribution in [-0.4, -0.2) is 38.7 Å². The molecule has 1 unspecified atom stereocenters. The molecule has 1 aliphatic heterocycles. The highest BCUT2D eigenvalue weighted by Crippen LogP contribution is 2.45. The minimum absolute atomic E-state index is 0.0501. The number of carbonyl (C=O) groups excluding carboxylic acids is 1. The summed E-state index contributed by atoms with van der Waals surface area (Å²) in [5.41, 5.74) is 1.46. The minimum Gasteiger partial charge on any atom is -0.493 e. The summed E-state index contributed by atoms with van der Waals surface area (Å²) in [5.74, 6) is 0.119. The zero-order chi connectivity index (χ0) is 25.4. The van der Waals surface area contributed by atoms with Gasteiger partial charge >= 0.3 is 0 Å². The fraction of sp³-hybridized carbons (Fsp3) is 0.214. The van der Waals surface area contributed by atoms with Crippen LogP contribution in [0, 0.1) is 5.82 Å². The molecular formula is C28H24FNO6. The second kappa shape index (κ2) is 9.37. The summed E-state index contributed by atoms with van der Waals surface area (Å²) in [6, 6.07) is 16.0. The minimum atomic E-state index is -0.797. The monoisotopic (exact) mass is 489 g/mol. The van der Waals surface area contributed by atoms with Crippen molar-refractivity contribution in [3.8, 4) is 17.2 Å². The molecule has 36 heavy (non-hydrogen) atoms. The number of hydrogen-bond acceptors (Lipinski definition) is 6. The van der Waals surface area contributed by atoms with Crippen LogP contribution in [0.3, 0.4) is 0 Å². The van der Waals surface area contributed by atoms with Crippen LogP contribution in [0.15, 0.2) is 69.9 Å². The van der Waals surface area contributed by atoms with Gasteiger partial charge in [-0.2, -0.15) is 0 Å². The molecule has 7 nitrogen and oxygen atoms in total. The molecule has 1 amide bonds. The van der Waals surface area contributed by atoms with Gasteiger partial charge in [0.05, 0.1) is 38.3 Å². The molecule has 3 aromatic carbocycles. The van der Waals surface area contributed by atoms with E-state index in [4.69, 9.17) is 18.6 Å². The molecule has 0 fully saturated rings. The standard InChI is InChI=1S/C28H24FNO6/c1-33-21-13-17(14-22(34-2)26(21)35-3)24-23-25(31)19-15-18(29)9-10-20(19)36-27(23)28(32)30(24)12-11-16-7-5-4-6-8-16/h4-10,13-15,24H,11-12H2,1-3H3. The number of carbonyl (C=O) groups is 1. The Morgan fingerprint density at radius 3 is 2.25 bits per heavy atom. The lowest BCUT2D eigenvalue weighted by molar-refractivity contribution is 0.0729. The van der Waals surface area contributed by atoms with Crippen molar-refractivity contribution in [2.45, 2.75) is 12.5 Å². The van der Waals surface area contributed by atoms with Crippen molar-refractivity contribution >= 4 is 16.9 Å². The van der Waals surface area contributed by atoms with Crippen molar-refractivity contribution in [3.63, 3.8) is 0 Å². The third-order valence-corrected chi connectivity index (χ3v) is 6.41. The van der Waals surface area contributed by atoms with Gasteiger partial charge in [-0.1, -0.05) is 30.3 Å². The normalized spacial score (nSPS) is 14.7. The predicted octanol–water partition coefficient (Wildman–Crippen LogP) is 4.75. The smallest absolute Gasteiger partial charge is 0.290 e. The third kappa shape index (κ3) is 3.84. The van der Waals surface area contributed by atoms with Crippen molar-refractivity contribution in [1.82, 2.24) is 4.90 Å². The van der Waals surface area contributed by atoms with Gasteiger partial charge in [0.2, 0.25) is 11.5 Å². The van der Waals surface area contributed by atoms with Crippen LogP contribution in [0.1, 0.15) is 33.3 Å². The number of halogens is 1. The van der Waals surface area contributed by atoms with Crippen LogP contribution in [0.5, 0.6) is 17.2 Å². The first kappa shape index (κ1) is 23.4. The van der Waals surface area contributed by atoms with Crippen LogP contribution < -0.4 is 19.6 Å². The first-order valence-corrected chi connectivity index (χ1v) is 11.4. The highest BCUT2D eigenvalue weighted by atomic mass is 19.1. The Balaban J connectivity index is 1.71. The van der Waals surface area contributed by atoms with E-state index in [1.807, 2.05) is 30.3 Å². The lowest BCUT2D eigenvalue weighted by atomic mass is 9.97. The summed E-state index contributed by atoms with van der Waals surface area (Å²) in [7, 11) is 4.48. The lowest BCUT2D eigenvalue weighted by Crippen LogP contribution is -2.31. The molecule has 0 saturated carbocycles. The van der Waals surface area contributed by atoms with E-state index in [1.165, 1.54) is 33.5 Å². The molecule has 4 aromatic rings. The zero-order valence-electron chi connectivity index (χ0n) is 20.0. The molecule has 1 aromatic heterocycles. The molecule has 1 aliphatic rings. The second-order valence-electron chi connectivity index (χ2n) is 8.41. The highest BCUT2D eigenvalue weighted by molar-refractivity contribution is 5.99. The molecule has 0 saturated heterocycles. The Morgan fingerprint density at radius 2 is 1.61 bits per heavy atom. The number of rotatable bonds is 7. The first-order valence-electron chi connectivity index (χ1n) is 11.4. The Hall–Kier alpha value is -4.33. The Labute approximate surface area is 206 Å². The average Bonchev–Trinajstić information content (AvgIpc) is 3.19. The van der Waals surface area contributed by atoms with Gasteiger partial charge in [-0.05, 0) is 47.9 Å². The van der Waals surface area contributed by atoms with Crippen molar-refractivity contribution < 1.29 is 27.8 Å². The molecule has 0 bridgehead atoms. The molecule has 1 atom stereocenters. The number of ether oxygens (including phenoxy) is 3. The fourth-order valence-corrected chi connectivity index (χ4v) is 4.72.